The van der Waals surface area contributed by atoms with Crippen LogP contribution in [-0.2, 0) is 27.5 Å². The van der Waals surface area contributed by atoms with E-state index in [2.05, 4.69) is 17.3 Å². The number of carbonyl (C=O) groups is 3. The van der Waals surface area contributed by atoms with Crippen molar-refractivity contribution in [2.24, 2.45) is 16.6 Å². The lowest BCUT2D eigenvalue weighted by molar-refractivity contribution is -0.136. The van der Waals surface area contributed by atoms with Gasteiger partial charge in [-0.05, 0) is 43.1 Å². The van der Waals surface area contributed by atoms with Crippen molar-refractivity contribution >= 4 is 18.4 Å². The number of Topliss-reactive ketones (excluding diaryl/α,β-unsaturated/α-hetero) is 1. The molecule has 0 amide bonds. The van der Waals surface area contributed by atoms with Crippen LogP contribution < -0.4 is 15.8 Å². The van der Waals surface area contributed by atoms with Gasteiger partial charge in [0.1, 0.15) is 24.1 Å². The Morgan fingerprint density at radius 1 is 1.22 bits per heavy atom. The summed E-state index contributed by atoms with van der Waals surface area (Å²) in [5.74, 6) is 1.12. The fraction of sp³-hybridized carbons (Fsp3) is 0.556. The Labute approximate surface area is 214 Å². The summed E-state index contributed by atoms with van der Waals surface area (Å²) in [6.07, 6.45) is 6.96. The molecule has 36 heavy (non-hydrogen) atoms. The molecular formula is C27H41N5O4. The Balaban J connectivity index is 0.000000281. The van der Waals surface area contributed by atoms with E-state index >= 15 is 0 Å². The highest BCUT2D eigenvalue weighted by Crippen LogP contribution is 2.35. The minimum absolute atomic E-state index is 0.232. The molecule has 3 N–H and O–H groups in total. The number of ketones is 1. The predicted molar refractivity (Wildman–Crippen MR) is 140 cm³/mol. The average molecular weight is 500 g/mol. The summed E-state index contributed by atoms with van der Waals surface area (Å²) in [6, 6.07) is 7.72. The molecule has 9 heteroatoms. The molecule has 0 spiro atoms. The number of carbonyl (C=O) groups excluding carboxylic acids is 3. The Hall–Kier alpha value is -2.88. The molecule has 0 radical (unpaired) electrons. The Bertz CT molecular complexity index is 949. The first kappa shape index (κ1) is 29.4. The number of nitrogens with two attached hydrogens (primary N) is 1. The van der Waals surface area contributed by atoms with Gasteiger partial charge in [0.25, 0.3) is 0 Å². The normalized spacial score (nSPS) is 21.9. The zero-order chi connectivity index (χ0) is 26.6. The summed E-state index contributed by atoms with van der Waals surface area (Å²) >= 11 is 0. The van der Waals surface area contributed by atoms with Gasteiger partial charge in [0.05, 0.1) is 26.7 Å². The average Bonchev–Trinajstić information content (AvgIpc) is 3.36. The summed E-state index contributed by atoms with van der Waals surface area (Å²) in [6.45, 7) is 9.87. The van der Waals surface area contributed by atoms with E-state index in [-0.39, 0.29) is 23.9 Å². The molecule has 198 valence electrons. The van der Waals surface area contributed by atoms with E-state index in [0.717, 1.165) is 55.4 Å². The van der Waals surface area contributed by atoms with Crippen molar-refractivity contribution in [1.82, 2.24) is 20.0 Å². The third kappa shape index (κ3) is 7.81. The van der Waals surface area contributed by atoms with Crippen molar-refractivity contribution in [3.05, 3.63) is 47.8 Å². The second-order valence-electron chi connectivity index (χ2n) is 9.81. The number of aromatic nitrogens is 2. The second kappa shape index (κ2) is 14.0. The number of nitrogens with one attached hydrogen (secondary N) is 1. The molecule has 1 aliphatic rings. The van der Waals surface area contributed by atoms with Gasteiger partial charge in [0.15, 0.2) is 0 Å². The van der Waals surface area contributed by atoms with Gasteiger partial charge in [-0.2, -0.15) is 5.10 Å². The number of hydrogen-bond donors (Lipinski definition) is 2. The van der Waals surface area contributed by atoms with Gasteiger partial charge in [-0.15, -0.1) is 0 Å². The van der Waals surface area contributed by atoms with E-state index in [4.69, 9.17) is 10.5 Å². The maximum absolute atomic E-state index is 12.3. The fourth-order valence-electron chi connectivity index (χ4n) is 4.43. The SMILES string of the molecule is CCC1(C)CNCCC(C)(CN)C1=O.COc1ccc(CN(CC=O)CC=O)cc1Cn1cccn1. The van der Waals surface area contributed by atoms with Crippen molar-refractivity contribution in [3.63, 3.8) is 0 Å². The number of methoxy groups -OCH3 is 1. The van der Waals surface area contributed by atoms with Gasteiger partial charge < -0.3 is 25.4 Å². The first-order valence-electron chi connectivity index (χ1n) is 12.4. The maximum Gasteiger partial charge on any atom is 0.147 e. The van der Waals surface area contributed by atoms with E-state index in [1.54, 1.807) is 18.2 Å². The molecule has 1 fully saturated rings. The molecule has 2 heterocycles. The molecule has 1 aliphatic heterocycles. The quantitative estimate of drug-likeness (QED) is 0.451. The van der Waals surface area contributed by atoms with E-state index in [1.165, 1.54) is 0 Å². The van der Waals surface area contributed by atoms with Gasteiger partial charge in [-0.3, -0.25) is 14.4 Å². The molecule has 2 aromatic rings. The molecule has 3 rings (SSSR count). The largest absolute Gasteiger partial charge is 0.496 e. The van der Waals surface area contributed by atoms with E-state index in [9.17, 15) is 14.4 Å². The lowest BCUT2D eigenvalue weighted by Gasteiger charge is -2.33. The van der Waals surface area contributed by atoms with Crippen LogP contribution in [0.15, 0.2) is 36.7 Å². The molecule has 1 aromatic heterocycles. The van der Waals surface area contributed by atoms with Gasteiger partial charge in [0, 0.05) is 48.4 Å². The number of benzene rings is 1. The Morgan fingerprint density at radius 2 is 1.94 bits per heavy atom. The monoisotopic (exact) mass is 499 g/mol. The number of aldehydes is 2. The highest BCUT2D eigenvalue weighted by molar-refractivity contribution is 5.90. The highest BCUT2D eigenvalue weighted by atomic mass is 16.5. The van der Waals surface area contributed by atoms with Crippen molar-refractivity contribution in [2.45, 2.75) is 46.7 Å². The molecule has 9 nitrogen and oxygen atoms in total. The number of ether oxygens (including phenoxy) is 1. The third-order valence-electron chi connectivity index (χ3n) is 7.00. The highest BCUT2D eigenvalue weighted by Gasteiger charge is 2.44. The van der Waals surface area contributed by atoms with Crippen LogP contribution in [0.2, 0.25) is 0 Å². The van der Waals surface area contributed by atoms with Crippen LogP contribution >= 0.6 is 0 Å². The maximum atomic E-state index is 12.3. The lowest BCUT2D eigenvalue weighted by Crippen LogP contribution is -2.45. The number of nitrogens with zero attached hydrogens (tertiary/aromatic N) is 3. The first-order chi connectivity index (χ1) is 17.2. The second-order valence-corrected chi connectivity index (χ2v) is 9.81. The molecule has 1 aromatic carbocycles. The summed E-state index contributed by atoms with van der Waals surface area (Å²) in [7, 11) is 1.63. The Morgan fingerprint density at radius 3 is 2.50 bits per heavy atom. The van der Waals surface area contributed by atoms with Crippen LogP contribution in [0.3, 0.4) is 0 Å². The molecular weight excluding hydrogens is 458 g/mol. The van der Waals surface area contributed by atoms with Crippen molar-refractivity contribution in [1.29, 1.82) is 0 Å². The summed E-state index contributed by atoms with van der Waals surface area (Å²) in [4.78, 5) is 35.4. The molecule has 2 unspecified atom stereocenters. The first-order valence-corrected chi connectivity index (χ1v) is 12.4. The van der Waals surface area contributed by atoms with Crippen LogP contribution in [0.4, 0.5) is 0 Å². The summed E-state index contributed by atoms with van der Waals surface area (Å²) < 4.78 is 7.20. The third-order valence-corrected chi connectivity index (χ3v) is 7.00. The van der Waals surface area contributed by atoms with E-state index in [0.29, 0.717) is 25.4 Å². The topological polar surface area (TPSA) is 120 Å². The van der Waals surface area contributed by atoms with Crippen LogP contribution in [0, 0.1) is 10.8 Å². The van der Waals surface area contributed by atoms with Gasteiger partial charge in [0.2, 0.25) is 0 Å². The number of rotatable bonds is 11. The van der Waals surface area contributed by atoms with E-state index in [1.807, 2.05) is 49.0 Å². The van der Waals surface area contributed by atoms with Gasteiger partial charge in [-0.25, -0.2) is 0 Å². The lowest BCUT2D eigenvalue weighted by atomic mass is 9.70. The molecule has 2 atom stereocenters. The molecule has 1 saturated heterocycles. The molecule has 0 aliphatic carbocycles. The molecule has 0 saturated carbocycles. The summed E-state index contributed by atoms with van der Waals surface area (Å²) in [5.41, 5.74) is 7.19. The number of hydrogen-bond acceptors (Lipinski definition) is 8. The van der Waals surface area contributed by atoms with Crippen LogP contribution in [0.5, 0.6) is 5.75 Å². The zero-order valence-corrected chi connectivity index (χ0v) is 22.0. The Kier molecular flexibility index (Phi) is 11.4. The zero-order valence-electron chi connectivity index (χ0n) is 22.0. The minimum Gasteiger partial charge on any atom is -0.496 e. The van der Waals surface area contributed by atoms with Crippen molar-refractivity contribution in [3.8, 4) is 5.75 Å². The van der Waals surface area contributed by atoms with Crippen LogP contribution in [-0.4, -0.2) is 72.9 Å². The van der Waals surface area contributed by atoms with Gasteiger partial charge >= 0.3 is 0 Å². The summed E-state index contributed by atoms with van der Waals surface area (Å²) in [5, 5.41) is 7.53. The van der Waals surface area contributed by atoms with Crippen LogP contribution in [0.25, 0.3) is 0 Å². The predicted octanol–water partition coefficient (Wildman–Crippen LogP) is 2.07. The smallest absolute Gasteiger partial charge is 0.147 e. The van der Waals surface area contributed by atoms with Crippen molar-refractivity contribution < 1.29 is 19.1 Å². The fourth-order valence-corrected chi connectivity index (χ4v) is 4.43. The minimum atomic E-state index is -0.325. The molecule has 0 bridgehead atoms. The standard InChI is InChI=1S/C16H19N3O3.C11H22N2O/c1-22-16-4-3-14(12-18(7-9-20)8-10-21)11-15(16)13-19-6-2-5-17-19;1-4-10(2)8-13-6-5-11(3,7-12)9(10)14/h2-6,9-11H,7-8,12-13H2,1H3;13H,4-8,12H2,1-3H3. The van der Waals surface area contributed by atoms with E-state index < -0.39 is 0 Å². The van der Waals surface area contributed by atoms with Crippen LogP contribution in [0.1, 0.15) is 44.7 Å². The van der Waals surface area contributed by atoms with Crippen molar-refractivity contribution in [2.75, 3.05) is 39.8 Å². The van der Waals surface area contributed by atoms with Gasteiger partial charge in [-0.1, -0.05) is 26.8 Å².